The summed E-state index contributed by atoms with van der Waals surface area (Å²) in [5.74, 6) is 0.844. The van der Waals surface area contributed by atoms with Gasteiger partial charge in [0.05, 0.1) is 5.75 Å². The molecule has 14 heavy (non-hydrogen) atoms. The molecule has 0 radical (unpaired) electrons. The van der Waals surface area contributed by atoms with Gasteiger partial charge in [0.15, 0.2) is 5.16 Å². The van der Waals surface area contributed by atoms with Crippen LogP contribution in [-0.4, -0.2) is 19.7 Å². The maximum Gasteiger partial charge on any atom is 0.168 e. The molecule has 2 rings (SSSR count). The fourth-order valence-electron chi connectivity index (χ4n) is 1.01. The first-order chi connectivity index (χ1) is 6.75. The molecule has 0 aliphatic rings. The van der Waals surface area contributed by atoms with Gasteiger partial charge in [-0.3, -0.25) is 0 Å². The summed E-state index contributed by atoms with van der Waals surface area (Å²) in [7, 11) is 1.99. The molecule has 74 valence electrons. The lowest BCUT2D eigenvalue weighted by molar-refractivity contribution is 0.789. The first-order valence-corrected chi connectivity index (χ1v) is 5.95. The molecule has 2 aromatic heterocycles. The van der Waals surface area contributed by atoms with Gasteiger partial charge in [-0.05, 0) is 6.92 Å². The van der Waals surface area contributed by atoms with Gasteiger partial charge in [-0.2, -0.15) is 0 Å². The predicted molar refractivity (Wildman–Crippen MR) is 57.4 cm³/mol. The lowest BCUT2D eigenvalue weighted by Gasteiger charge is -1.97. The minimum atomic E-state index is 0.844. The molecule has 0 saturated heterocycles. The van der Waals surface area contributed by atoms with Gasteiger partial charge in [0.25, 0.3) is 0 Å². The number of thioether (sulfide) groups is 1. The summed E-state index contributed by atoms with van der Waals surface area (Å²) in [5.41, 5.74) is 0. The minimum Gasteiger partial charge on any atom is -0.329 e. The average molecular weight is 226 g/mol. The van der Waals surface area contributed by atoms with E-state index in [-0.39, 0.29) is 0 Å². The van der Waals surface area contributed by atoms with E-state index in [1.807, 2.05) is 24.7 Å². The second-order valence-corrected chi connectivity index (χ2v) is 5.03. The van der Waals surface area contributed by atoms with Gasteiger partial charge >= 0.3 is 0 Å². The second kappa shape index (κ2) is 4.10. The molecule has 0 atom stereocenters. The van der Waals surface area contributed by atoms with Gasteiger partial charge in [0.2, 0.25) is 0 Å². The third-order valence-corrected chi connectivity index (χ3v) is 3.76. The highest BCUT2D eigenvalue weighted by atomic mass is 32.2. The third kappa shape index (κ3) is 2.13. The summed E-state index contributed by atoms with van der Waals surface area (Å²) < 4.78 is 2.00. The van der Waals surface area contributed by atoms with Crippen molar-refractivity contribution in [2.75, 3.05) is 0 Å². The fraction of sp³-hybridized carbons (Fsp3) is 0.375. The molecule has 0 saturated carbocycles. The molecule has 0 unspecified atom stereocenters. The number of aromatic nitrogens is 4. The quantitative estimate of drug-likeness (QED) is 0.749. The van der Waals surface area contributed by atoms with Crippen molar-refractivity contribution in [2.24, 2.45) is 7.05 Å². The van der Waals surface area contributed by atoms with Crippen molar-refractivity contribution in [3.63, 3.8) is 0 Å². The molecule has 0 fully saturated rings. The van der Waals surface area contributed by atoms with Gasteiger partial charge in [0, 0.05) is 19.4 Å². The molecule has 0 aliphatic heterocycles. The number of aryl methyl sites for hydroxylation is 2. The summed E-state index contributed by atoms with van der Waals surface area (Å²) >= 11 is 3.32. The Balaban J connectivity index is 1.98. The summed E-state index contributed by atoms with van der Waals surface area (Å²) in [6.07, 6.45) is 3.74. The van der Waals surface area contributed by atoms with E-state index in [2.05, 4.69) is 15.2 Å². The lowest BCUT2D eigenvalue weighted by atomic mass is 10.8. The molecule has 0 N–H and O–H groups in total. The molecule has 0 aliphatic carbocycles. The zero-order valence-electron chi connectivity index (χ0n) is 7.97. The van der Waals surface area contributed by atoms with Crippen LogP contribution in [0, 0.1) is 6.92 Å². The maximum atomic E-state index is 4.22. The van der Waals surface area contributed by atoms with E-state index in [0.717, 1.165) is 20.9 Å². The Morgan fingerprint density at radius 3 is 2.93 bits per heavy atom. The van der Waals surface area contributed by atoms with Gasteiger partial charge in [-0.1, -0.05) is 11.8 Å². The number of hydrogen-bond acceptors (Lipinski definition) is 5. The summed E-state index contributed by atoms with van der Waals surface area (Å²) in [4.78, 5) is 4.22. The minimum absolute atomic E-state index is 0.844. The SMILES string of the molecule is Cc1nnc(CSc2nccn2C)s1. The summed E-state index contributed by atoms with van der Waals surface area (Å²) in [6.45, 7) is 1.96. The molecule has 2 aromatic rings. The molecule has 2 heterocycles. The highest BCUT2D eigenvalue weighted by Crippen LogP contribution is 2.21. The third-order valence-electron chi connectivity index (χ3n) is 1.67. The molecule has 0 spiro atoms. The average Bonchev–Trinajstić information content (AvgIpc) is 2.72. The topological polar surface area (TPSA) is 43.6 Å². The zero-order valence-corrected chi connectivity index (χ0v) is 9.60. The van der Waals surface area contributed by atoms with E-state index in [9.17, 15) is 0 Å². The van der Waals surface area contributed by atoms with Crippen molar-refractivity contribution in [3.05, 3.63) is 22.4 Å². The Kier molecular flexibility index (Phi) is 2.83. The van der Waals surface area contributed by atoms with Crippen molar-refractivity contribution in [2.45, 2.75) is 17.8 Å². The maximum absolute atomic E-state index is 4.22. The van der Waals surface area contributed by atoms with Crippen LogP contribution in [0.5, 0.6) is 0 Å². The van der Waals surface area contributed by atoms with Crippen LogP contribution < -0.4 is 0 Å². The number of imidazole rings is 1. The van der Waals surface area contributed by atoms with Gasteiger partial charge in [-0.25, -0.2) is 4.98 Å². The van der Waals surface area contributed by atoms with Crippen molar-refractivity contribution in [3.8, 4) is 0 Å². The first kappa shape index (κ1) is 9.67. The van der Waals surface area contributed by atoms with Crippen LogP contribution in [-0.2, 0) is 12.8 Å². The zero-order chi connectivity index (χ0) is 9.97. The van der Waals surface area contributed by atoms with E-state index in [1.54, 1.807) is 29.3 Å². The van der Waals surface area contributed by atoms with E-state index in [0.29, 0.717) is 0 Å². The van der Waals surface area contributed by atoms with Crippen LogP contribution >= 0.6 is 23.1 Å². The summed E-state index contributed by atoms with van der Waals surface area (Å²) in [5, 5.41) is 11.1. The highest BCUT2D eigenvalue weighted by Gasteiger charge is 2.04. The molecular weight excluding hydrogens is 216 g/mol. The van der Waals surface area contributed by atoms with E-state index in [4.69, 9.17) is 0 Å². The molecule has 6 heteroatoms. The van der Waals surface area contributed by atoms with E-state index >= 15 is 0 Å². The molecule has 0 aromatic carbocycles. The smallest absolute Gasteiger partial charge is 0.168 e. The summed E-state index contributed by atoms with van der Waals surface area (Å²) in [6, 6.07) is 0. The molecular formula is C8H10N4S2. The first-order valence-electron chi connectivity index (χ1n) is 4.15. The Hall–Kier alpha value is -0.880. The Morgan fingerprint density at radius 1 is 1.50 bits per heavy atom. The van der Waals surface area contributed by atoms with Gasteiger partial charge in [-0.15, -0.1) is 21.5 Å². The van der Waals surface area contributed by atoms with Gasteiger partial charge in [0.1, 0.15) is 10.0 Å². The lowest BCUT2D eigenvalue weighted by Crippen LogP contribution is -1.89. The van der Waals surface area contributed by atoms with E-state index < -0.39 is 0 Å². The Labute approximate surface area is 90.4 Å². The monoisotopic (exact) mass is 226 g/mol. The molecule has 4 nitrogen and oxygen atoms in total. The predicted octanol–water partition coefficient (Wildman–Crippen LogP) is 1.87. The Morgan fingerprint density at radius 2 is 2.36 bits per heavy atom. The largest absolute Gasteiger partial charge is 0.329 e. The van der Waals surface area contributed by atoms with Crippen LogP contribution in [0.25, 0.3) is 0 Å². The van der Waals surface area contributed by atoms with Crippen LogP contribution in [0.3, 0.4) is 0 Å². The van der Waals surface area contributed by atoms with Crippen LogP contribution in [0.1, 0.15) is 10.0 Å². The second-order valence-electron chi connectivity index (χ2n) is 2.82. The van der Waals surface area contributed by atoms with Crippen LogP contribution in [0.4, 0.5) is 0 Å². The number of nitrogens with zero attached hydrogens (tertiary/aromatic N) is 4. The van der Waals surface area contributed by atoms with E-state index in [1.165, 1.54) is 0 Å². The van der Waals surface area contributed by atoms with Gasteiger partial charge < -0.3 is 4.57 Å². The van der Waals surface area contributed by atoms with Crippen molar-refractivity contribution >= 4 is 23.1 Å². The normalized spacial score (nSPS) is 10.7. The van der Waals surface area contributed by atoms with Crippen molar-refractivity contribution in [1.29, 1.82) is 0 Å². The number of rotatable bonds is 3. The molecule has 0 bridgehead atoms. The van der Waals surface area contributed by atoms with Crippen LogP contribution in [0.2, 0.25) is 0 Å². The molecule has 0 amide bonds. The number of hydrogen-bond donors (Lipinski definition) is 0. The van der Waals surface area contributed by atoms with Crippen molar-refractivity contribution < 1.29 is 0 Å². The van der Waals surface area contributed by atoms with Crippen LogP contribution in [0.15, 0.2) is 17.6 Å². The Bertz CT molecular complexity index is 420. The fourth-order valence-corrected chi connectivity index (χ4v) is 2.64. The standard InChI is InChI=1S/C8H10N4S2/c1-6-10-11-7(14-6)5-13-8-9-3-4-12(8)2/h3-4H,5H2,1-2H3. The highest BCUT2D eigenvalue weighted by molar-refractivity contribution is 7.98. The van der Waals surface area contributed by atoms with Crippen molar-refractivity contribution in [1.82, 2.24) is 19.7 Å².